The lowest BCUT2D eigenvalue weighted by atomic mass is 10.2. The number of carbonyl (C=O) groups excluding carboxylic acids is 1. The first kappa shape index (κ1) is 11.8. The molecule has 0 atom stereocenters. The van der Waals surface area contributed by atoms with E-state index in [2.05, 4.69) is 4.98 Å². The molecule has 0 fully saturated rings. The summed E-state index contributed by atoms with van der Waals surface area (Å²) in [6.45, 7) is 0.337. The van der Waals surface area contributed by atoms with Crippen LogP contribution in [-0.4, -0.2) is 17.9 Å². The number of aromatic nitrogens is 1. The Kier molecular flexibility index (Phi) is 3.51. The second-order valence-electron chi connectivity index (χ2n) is 3.56. The van der Waals surface area contributed by atoms with E-state index >= 15 is 0 Å². The number of thiophene rings is 1. The molecule has 2 heterocycles. The van der Waals surface area contributed by atoms with Crippen LogP contribution in [0.2, 0.25) is 0 Å². The van der Waals surface area contributed by atoms with Crippen molar-refractivity contribution in [1.82, 2.24) is 4.98 Å². The lowest BCUT2D eigenvalue weighted by Crippen LogP contribution is -2.25. The lowest BCUT2D eigenvalue weighted by molar-refractivity contribution is 0.0993. The molecular formula is C12H13N3OS. The Morgan fingerprint density at radius 2 is 2.35 bits per heavy atom. The first-order valence-electron chi connectivity index (χ1n) is 5.19. The van der Waals surface area contributed by atoms with Crippen molar-refractivity contribution < 1.29 is 4.79 Å². The van der Waals surface area contributed by atoms with Gasteiger partial charge in [-0.3, -0.25) is 9.78 Å². The highest BCUT2D eigenvalue weighted by Gasteiger charge is 2.14. The third kappa shape index (κ3) is 2.51. The molecule has 0 saturated carbocycles. The molecule has 88 valence electrons. The average molecular weight is 247 g/mol. The molecule has 5 heteroatoms. The largest absolute Gasteiger partial charge is 0.325 e. The van der Waals surface area contributed by atoms with E-state index in [1.54, 1.807) is 30.3 Å². The Balaban J connectivity index is 2.24. The van der Waals surface area contributed by atoms with Crippen LogP contribution >= 0.6 is 11.3 Å². The van der Waals surface area contributed by atoms with Crippen molar-refractivity contribution in [1.29, 1.82) is 0 Å². The molecule has 0 spiro atoms. The van der Waals surface area contributed by atoms with Gasteiger partial charge in [0.15, 0.2) is 0 Å². The van der Waals surface area contributed by atoms with Crippen molar-refractivity contribution in [3.8, 4) is 0 Å². The molecule has 0 aliphatic carbocycles. The second kappa shape index (κ2) is 5.07. The van der Waals surface area contributed by atoms with Crippen molar-refractivity contribution >= 4 is 22.2 Å². The van der Waals surface area contributed by atoms with Gasteiger partial charge in [0.2, 0.25) is 0 Å². The predicted molar refractivity (Wildman–Crippen MR) is 69.2 cm³/mol. The molecule has 2 aromatic rings. The summed E-state index contributed by atoms with van der Waals surface area (Å²) in [5, 5.41) is 2.86. The van der Waals surface area contributed by atoms with E-state index in [-0.39, 0.29) is 5.91 Å². The Bertz CT molecular complexity index is 510. The molecule has 0 saturated heterocycles. The fraction of sp³-hybridized carbons (Fsp3) is 0.167. The van der Waals surface area contributed by atoms with Gasteiger partial charge in [0.1, 0.15) is 0 Å². The Morgan fingerprint density at radius 3 is 3.00 bits per heavy atom. The van der Waals surface area contributed by atoms with E-state index in [1.165, 1.54) is 11.3 Å². The predicted octanol–water partition coefficient (Wildman–Crippen LogP) is 1.88. The third-order valence-corrected chi connectivity index (χ3v) is 3.36. The van der Waals surface area contributed by atoms with Gasteiger partial charge < -0.3 is 10.6 Å². The van der Waals surface area contributed by atoms with Gasteiger partial charge in [0.25, 0.3) is 5.91 Å². The van der Waals surface area contributed by atoms with Crippen LogP contribution in [0.15, 0.2) is 35.8 Å². The molecule has 0 bridgehead atoms. The molecular weight excluding hydrogens is 234 g/mol. The van der Waals surface area contributed by atoms with Crippen molar-refractivity contribution in [2.75, 3.05) is 11.9 Å². The molecule has 2 aromatic heterocycles. The number of pyridine rings is 1. The minimum absolute atomic E-state index is 0.0513. The summed E-state index contributed by atoms with van der Waals surface area (Å²) >= 11 is 1.53. The van der Waals surface area contributed by atoms with Gasteiger partial charge >= 0.3 is 0 Å². The average Bonchev–Trinajstić information content (AvgIpc) is 2.91. The molecule has 0 aliphatic rings. The SMILES string of the molecule is CN(C(=O)c1ccnc(CN)c1)c1cccs1. The number of nitrogens with zero attached hydrogens (tertiary/aromatic N) is 2. The minimum atomic E-state index is -0.0513. The highest BCUT2D eigenvalue weighted by Crippen LogP contribution is 2.21. The number of nitrogens with two attached hydrogens (primary N) is 1. The minimum Gasteiger partial charge on any atom is -0.325 e. The van der Waals surface area contributed by atoms with Crippen molar-refractivity contribution in [2.24, 2.45) is 5.73 Å². The molecule has 1 amide bonds. The highest BCUT2D eigenvalue weighted by atomic mass is 32.1. The maximum atomic E-state index is 12.2. The summed E-state index contributed by atoms with van der Waals surface area (Å²) in [6, 6.07) is 7.26. The van der Waals surface area contributed by atoms with E-state index in [0.717, 1.165) is 10.7 Å². The number of amides is 1. The zero-order valence-electron chi connectivity index (χ0n) is 9.46. The van der Waals surface area contributed by atoms with Gasteiger partial charge in [-0.25, -0.2) is 0 Å². The summed E-state index contributed by atoms with van der Waals surface area (Å²) in [5.41, 5.74) is 6.83. The van der Waals surface area contributed by atoms with Gasteiger partial charge in [-0.05, 0) is 29.6 Å². The van der Waals surface area contributed by atoms with Crippen LogP contribution in [0.4, 0.5) is 5.00 Å². The van der Waals surface area contributed by atoms with E-state index < -0.39 is 0 Å². The zero-order valence-corrected chi connectivity index (χ0v) is 10.3. The topological polar surface area (TPSA) is 59.2 Å². The smallest absolute Gasteiger partial charge is 0.258 e. The van der Waals surface area contributed by atoms with Crippen LogP contribution in [0, 0.1) is 0 Å². The van der Waals surface area contributed by atoms with Gasteiger partial charge in [-0.2, -0.15) is 0 Å². The highest BCUT2D eigenvalue weighted by molar-refractivity contribution is 7.14. The first-order valence-corrected chi connectivity index (χ1v) is 6.07. The first-order chi connectivity index (χ1) is 8.22. The summed E-state index contributed by atoms with van der Waals surface area (Å²) in [6.07, 6.45) is 1.61. The van der Waals surface area contributed by atoms with E-state index in [1.807, 2.05) is 17.5 Å². The maximum Gasteiger partial charge on any atom is 0.258 e. The van der Waals surface area contributed by atoms with Crippen LogP contribution in [0.5, 0.6) is 0 Å². The molecule has 0 aromatic carbocycles. The Hall–Kier alpha value is -1.72. The maximum absolute atomic E-state index is 12.2. The number of anilines is 1. The van der Waals surface area contributed by atoms with Crippen molar-refractivity contribution in [3.05, 3.63) is 47.1 Å². The summed E-state index contributed by atoms with van der Waals surface area (Å²) < 4.78 is 0. The molecule has 4 nitrogen and oxygen atoms in total. The standard InChI is InChI=1S/C12H13N3OS/c1-15(11-3-2-6-17-11)12(16)9-4-5-14-10(7-9)8-13/h2-7H,8,13H2,1H3. The summed E-state index contributed by atoms with van der Waals surface area (Å²) in [7, 11) is 1.76. The van der Waals surface area contributed by atoms with Crippen LogP contribution in [0.1, 0.15) is 16.1 Å². The molecule has 17 heavy (non-hydrogen) atoms. The van der Waals surface area contributed by atoms with Crippen LogP contribution < -0.4 is 10.6 Å². The van der Waals surface area contributed by atoms with E-state index in [9.17, 15) is 4.79 Å². The monoisotopic (exact) mass is 247 g/mol. The normalized spacial score (nSPS) is 10.2. The quantitative estimate of drug-likeness (QED) is 0.900. The molecule has 2 rings (SSSR count). The molecule has 2 N–H and O–H groups in total. The van der Waals surface area contributed by atoms with Gasteiger partial charge in [0, 0.05) is 25.4 Å². The third-order valence-electron chi connectivity index (χ3n) is 2.41. The number of hydrogen-bond acceptors (Lipinski definition) is 4. The van der Waals surface area contributed by atoms with Gasteiger partial charge in [-0.15, -0.1) is 11.3 Å². The fourth-order valence-corrected chi connectivity index (χ4v) is 2.17. The van der Waals surface area contributed by atoms with E-state index in [4.69, 9.17) is 5.73 Å². The zero-order chi connectivity index (χ0) is 12.3. The molecule has 0 radical (unpaired) electrons. The van der Waals surface area contributed by atoms with Crippen LogP contribution in [0.3, 0.4) is 0 Å². The number of rotatable bonds is 3. The molecule has 0 aliphatic heterocycles. The van der Waals surface area contributed by atoms with E-state index in [0.29, 0.717) is 12.1 Å². The number of hydrogen-bond donors (Lipinski definition) is 1. The Labute approximate surface area is 104 Å². The number of carbonyl (C=O) groups is 1. The van der Waals surface area contributed by atoms with Crippen molar-refractivity contribution in [3.63, 3.8) is 0 Å². The van der Waals surface area contributed by atoms with Crippen LogP contribution in [0.25, 0.3) is 0 Å². The van der Waals surface area contributed by atoms with Gasteiger partial charge in [0.05, 0.1) is 10.7 Å². The molecule has 0 unspecified atom stereocenters. The van der Waals surface area contributed by atoms with Crippen LogP contribution in [-0.2, 0) is 6.54 Å². The summed E-state index contributed by atoms with van der Waals surface area (Å²) in [5.74, 6) is -0.0513. The lowest BCUT2D eigenvalue weighted by Gasteiger charge is -2.15. The fourth-order valence-electron chi connectivity index (χ4n) is 1.48. The van der Waals surface area contributed by atoms with Crippen molar-refractivity contribution in [2.45, 2.75) is 6.54 Å². The Morgan fingerprint density at radius 1 is 1.53 bits per heavy atom. The second-order valence-corrected chi connectivity index (χ2v) is 4.48. The van der Waals surface area contributed by atoms with Gasteiger partial charge in [-0.1, -0.05) is 0 Å². The summed E-state index contributed by atoms with van der Waals surface area (Å²) in [4.78, 5) is 17.9.